The molecule has 0 spiro atoms. The van der Waals surface area contributed by atoms with E-state index in [2.05, 4.69) is 20.0 Å². The number of ether oxygens (including phenoxy) is 2. The van der Waals surface area contributed by atoms with E-state index >= 15 is 0 Å². The highest BCUT2D eigenvalue weighted by atomic mass is 16.5. The van der Waals surface area contributed by atoms with Crippen LogP contribution < -0.4 is 5.32 Å². The van der Waals surface area contributed by atoms with E-state index in [1.807, 2.05) is 0 Å². The fourth-order valence-corrected chi connectivity index (χ4v) is 3.56. The Kier molecular flexibility index (Phi) is 2.41. The lowest BCUT2D eigenvalue weighted by molar-refractivity contribution is -0.121. The molecule has 1 aliphatic carbocycles. The van der Waals surface area contributed by atoms with Crippen LogP contribution in [0.4, 0.5) is 5.82 Å². The maximum Gasteiger partial charge on any atom is 0.358 e. The monoisotopic (exact) mass is 277 g/mol. The van der Waals surface area contributed by atoms with Gasteiger partial charge in [-0.3, -0.25) is 4.79 Å². The van der Waals surface area contributed by atoms with Gasteiger partial charge in [-0.25, -0.2) is 9.78 Å². The van der Waals surface area contributed by atoms with E-state index in [0.717, 1.165) is 6.42 Å². The molecule has 7 heteroatoms. The molecule has 2 N–H and O–H groups in total. The molecule has 0 unspecified atom stereocenters. The Bertz CT molecular complexity index is 584. The minimum absolute atomic E-state index is 0.0468. The highest BCUT2D eigenvalue weighted by Crippen LogP contribution is 2.60. The number of fused-ring (bicyclic) bond motifs is 5. The van der Waals surface area contributed by atoms with Crippen LogP contribution in [0.15, 0.2) is 6.33 Å². The normalized spacial score (nSPS) is 36.5. The predicted octanol–water partition coefficient (Wildman–Crippen LogP) is 0.558. The zero-order valence-electron chi connectivity index (χ0n) is 11.0. The third kappa shape index (κ3) is 1.59. The minimum atomic E-state index is -0.552. The summed E-state index contributed by atoms with van der Waals surface area (Å²) in [4.78, 5) is 30.5. The number of nitrogens with zero attached hydrogens (tertiary/aromatic N) is 1. The van der Waals surface area contributed by atoms with Crippen molar-refractivity contribution in [1.82, 2.24) is 9.97 Å². The number of methoxy groups -OCH3 is 1. The lowest BCUT2D eigenvalue weighted by Gasteiger charge is -2.17. The molecule has 5 atom stereocenters. The lowest BCUT2D eigenvalue weighted by atomic mass is 9.88. The summed E-state index contributed by atoms with van der Waals surface area (Å²) in [5.74, 6) is 0.649. The second kappa shape index (κ2) is 4.05. The number of anilines is 1. The Morgan fingerprint density at radius 3 is 3.00 bits per heavy atom. The van der Waals surface area contributed by atoms with Crippen LogP contribution in [0.3, 0.4) is 0 Å². The number of carbonyl (C=O) groups excluding carboxylic acids is 2. The topological polar surface area (TPSA) is 93.3 Å². The zero-order valence-corrected chi connectivity index (χ0v) is 11.0. The molecule has 1 amide bonds. The van der Waals surface area contributed by atoms with Crippen LogP contribution in [-0.4, -0.2) is 41.2 Å². The SMILES string of the molecule is COC(=O)c1[nH]cnc1NC(=O)[C@@H]1C[C@@H]2O[C@H]1[C@H]1C[C@H]12. The number of amides is 1. The molecule has 3 heterocycles. The molecule has 2 bridgehead atoms. The van der Waals surface area contributed by atoms with Crippen molar-refractivity contribution in [2.45, 2.75) is 25.0 Å². The Hall–Kier alpha value is -1.89. The first-order valence-electron chi connectivity index (χ1n) is 6.77. The Labute approximate surface area is 115 Å². The van der Waals surface area contributed by atoms with Gasteiger partial charge in [0.05, 0.1) is 31.6 Å². The van der Waals surface area contributed by atoms with E-state index in [9.17, 15) is 9.59 Å². The number of esters is 1. The Morgan fingerprint density at radius 1 is 1.45 bits per heavy atom. The second-order valence-corrected chi connectivity index (χ2v) is 5.65. The van der Waals surface area contributed by atoms with Gasteiger partial charge in [-0.2, -0.15) is 0 Å². The van der Waals surface area contributed by atoms with Crippen molar-refractivity contribution in [2.75, 3.05) is 12.4 Å². The number of imidazole rings is 1. The van der Waals surface area contributed by atoms with Crippen LogP contribution in [0.25, 0.3) is 0 Å². The highest BCUT2D eigenvalue weighted by molar-refractivity contribution is 5.99. The molecule has 1 aromatic rings. The van der Waals surface area contributed by atoms with Gasteiger partial charge in [0, 0.05) is 0 Å². The largest absolute Gasteiger partial charge is 0.464 e. The third-order valence-electron chi connectivity index (χ3n) is 4.61. The molecule has 20 heavy (non-hydrogen) atoms. The molecule has 7 nitrogen and oxygen atoms in total. The number of nitrogens with one attached hydrogen (secondary N) is 2. The molecule has 3 fully saturated rings. The summed E-state index contributed by atoms with van der Waals surface area (Å²) in [7, 11) is 1.28. The first-order chi connectivity index (χ1) is 9.69. The lowest BCUT2D eigenvalue weighted by Crippen LogP contribution is -2.32. The van der Waals surface area contributed by atoms with Crippen molar-refractivity contribution in [1.29, 1.82) is 0 Å². The summed E-state index contributed by atoms with van der Waals surface area (Å²) in [5, 5.41) is 2.71. The molecule has 3 aliphatic rings. The number of carbonyl (C=O) groups is 2. The van der Waals surface area contributed by atoms with Crippen LogP contribution in [0.2, 0.25) is 0 Å². The molecule has 0 aromatic carbocycles. The predicted molar refractivity (Wildman–Crippen MR) is 66.9 cm³/mol. The second-order valence-electron chi connectivity index (χ2n) is 5.65. The average Bonchev–Trinajstić information content (AvgIpc) is 2.84. The van der Waals surface area contributed by atoms with Gasteiger partial charge in [0.2, 0.25) is 5.91 Å². The van der Waals surface area contributed by atoms with Crippen LogP contribution in [0, 0.1) is 17.8 Å². The summed E-state index contributed by atoms with van der Waals surface area (Å²) in [5.41, 5.74) is 0.161. The van der Waals surface area contributed by atoms with Crippen molar-refractivity contribution >= 4 is 17.7 Å². The van der Waals surface area contributed by atoms with Gasteiger partial charge >= 0.3 is 5.97 Å². The van der Waals surface area contributed by atoms with Gasteiger partial charge in [-0.05, 0) is 24.7 Å². The van der Waals surface area contributed by atoms with Crippen LogP contribution in [0.1, 0.15) is 23.3 Å². The van der Waals surface area contributed by atoms with Crippen molar-refractivity contribution in [3.05, 3.63) is 12.0 Å². The first-order valence-corrected chi connectivity index (χ1v) is 6.77. The van der Waals surface area contributed by atoms with E-state index in [-0.39, 0.29) is 35.5 Å². The molecule has 0 radical (unpaired) electrons. The molecule has 2 aliphatic heterocycles. The number of hydrogen-bond donors (Lipinski definition) is 2. The molecule has 106 valence electrons. The van der Waals surface area contributed by atoms with E-state index in [1.165, 1.54) is 19.9 Å². The van der Waals surface area contributed by atoms with E-state index in [1.54, 1.807) is 0 Å². The van der Waals surface area contributed by atoms with E-state index < -0.39 is 5.97 Å². The Balaban J connectivity index is 1.48. The first kappa shape index (κ1) is 11.9. The van der Waals surface area contributed by atoms with E-state index in [0.29, 0.717) is 11.8 Å². The van der Waals surface area contributed by atoms with Gasteiger partial charge in [-0.15, -0.1) is 0 Å². The van der Waals surface area contributed by atoms with E-state index in [4.69, 9.17) is 4.74 Å². The van der Waals surface area contributed by atoms with Crippen molar-refractivity contribution in [3.8, 4) is 0 Å². The van der Waals surface area contributed by atoms with Gasteiger partial charge in [0.15, 0.2) is 11.5 Å². The summed E-state index contributed by atoms with van der Waals surface area (Å²) >= 11 is 0. The average molecular weight is 277 g/mol. The summed E-state index contributed by atoms with van der Waals surface area (Å²) < 4.78 is 10.4. The number of H-pyrrole nitrogens is 1. The van der Waals surface area contributed by atoms with Gasteiger partial charge < -0.3 is 19.8 Å². The number of aromatic nitrogens is 2. The maximum absolute atomic E-state index is 12.3. The number of aromatic amines is 1. The van der Waals surface area contributed by atoms with Crippen LogP contribution in [0.5, 0.6) is 0 Å². The van der Waals surface area contributed by atoms with Gasteiger partial charge in [0.25, 0.3) is 0 Å². The van der Waals surface area contributed by atoms with Crippen molar-refractivity contribution in [2.24, 2.45) is 17.8 Å². The van der Waals surface area contributed by atoms with Crippen LogP contribution >= 0.6 is 0 Å². The molecule has 4 rings (SSSR count). The highest BCUT2D eigenvalue weighted by Gasteiger charge is 2.64. The molecule has 2 saturated heterocycles. The molecule has 1 saturated carbocycles. The summed E-state index contributed by atoms with van der Waals surface area (Å²) in [6, 6.07) is 0. The maximum atomic E-state index is 12.3. The van der Waals surface area contributed by atoms with Crippen molar-refractivity contribution in [3.63, 3.8) is 0 Å². The van der Waals surface area contributed by atoms with Crippen LogP contribution in [-0.2, 0) is 14.3 Å². The number of rotatable bonds is 3. The minimum Gasteiger partial charge on any atom is -0.464 e. The Morgan fingerprint density at radius 2 is 2.30 bits per heavy atom. The fourth-order valence-electron chi connectivity index (χ4n) is 3.56. The smallest absolute Gasteiger partial charge is 0.358 e. The molecular formula is C13H15N3O4. The van der Waals surface area contributed by atoms with Gasteiger partial charge in [0.1, 0.15) is 0 Å². The zero-order chi connectivity index (χ0) is 13.9. The quantitative estimate of drug-likeness (QED) is 0.787. The standard InChI is InChI=1S/C13H15N3O4/c1-19-13(18)9-11(15-4-14-9)16-12(17)7-3-8-5-2-6(5)10(7)20-8/h4-8,10H,2-3H2,1H3,(H,14,15)(H,16,17)/t5-,6+,7-,8+,10+/m1/s1. The van der Waals surface area contributed by atoms with Gasteiger partial charge in [-0.1, -0.05) is 0 Å². The molecular weight excluding hydrogens is 262 g/mol. The molecule has 1 aromatic heterocycles. The number of hydrogen-bond acceptors (Lipinski definition) is 5. The fraction of sp³-hybridized carbons (Fsp3) is 0.615. The summed E-state index contributed by atoms with van der Waals surface area (Å²) in [6.45, 7) is 0. The third-order valence-corrected chi connectivity index (χ3v) is 4.61. The van der Waals surface area contributed by atoms with Crippen molar-refractivity contribution < 1.29 is 19.1 Å². The summed E-state index contributed by atoms with van der Waals surface area (Å²) in [6.07, 6.45) is 3.62.